The van der Waals surface area contributed by atoms with Crippen LogP contribution < -0.4 is 21.3 Å². The molecule has 3 heterocycles. The lowest BCUT2D eigenvalue weighted by molar-refractivity contribution is -0.143. The lowest BCUT2D eigenvalue weighted by atomic mass is 9.98. The minimum Gasteiger partial charge on any atom is -0.508 e. The molecule has 2 aliphatic heterocycles. The molecule has 0 aliphatic carbocycles. The Kier molecular flexibility index (Phi) is 10.7. The van der Waals surface area contributed by atoms with Crippen molar-refractivity contribution in [1.29, 1.82) is 0 Å². The van der Waals surface area contributed by atoms with Crippen LogP contribution in [0.15, 0.2) is 54.7 Å². The zero-order chi connectivity index (χ0) is 34.5. The van der Waals surface area contributed by atoms with Crippen molar-refractivity contribution in [3.63, 3.8) is 0 Å². The fourth-order valence-electron chi connectivity index (χ4n) is 6.57. The molecule has 2 fully saturated rings. The van der Waals surface area contributed by atoms with Gasteiger partial charge in [0.2, 0.25) is 29.5 Å². The molecule has 3 aromatic rings. The van der Waals surface area contributed by atoms with Crippen molar-refractivity contribution in [2.45, 2.75) is 90.0 Å². The number of phenols is 1. The van der Waals surface area contributed by atoms with Crippen LogP contribution in [0.3, 0.4) is 0 Å². The Morgan fingerprint density at radius 1 is 0.771 bits per heavy atom. The van der Waals surface area contributed by atoms with Gasteiger partial charge < -0.3 is 36.3 Å². The van der Waals surface area contributed by atoms with Crippen LogP contribution >= 0.6 is 0 Å². The van der Waals surface area contributed by atoms with Crippen molar-refractivity contribution in [2.24, 2.45) is 11.8 Å². The maximum atomic E-state index is 14.1. The van der Waals surface area contributed by atoms with Crippen LogP contribution in [0.25, 0.3) is 10.9 Å². The summed E-state index contributed by atoms with van der Waals surface area (Å²) in [5.41, 5.74) is 2.34. The normalized spacial score (nSPS) is 24.5. The average molecular weight is 659 g/mol. The smallest absolute Gasteiger partial charge is 0.246 e. The third kappa shape index (κ3) is 7.98. The molecule has 2 aromatic carbocycles. The van der Waals surface area contributed by atoms with Crippen LogP contribution in [0.5, 0.6) is 5.75 Å². The lowest BCUT2D eigenvalue weighted by Gasteiger charge is -2.32. The van der Waals surface area contributed by atoms with Crippen molar-refractivity contribution in [2.75, 3.05) is 6.54 Å². The van der Waals surface area contributed by atoms with Gasteiger partial charge in [0.05, 0.1) is 0 Å². The second kappa shape index (κ2) is 14.9. The maximum Gasteiger partial charge on any atom is 0.246 e. The summed E-state index contributed by atoms with van der Waals surface area (Å²) in [6.45, 7) is 7.86. The number of rotatable bonds is 7. The summed E-state index contributed by atoms with van der Waals surface area (Å²) in [7, 11) is 0. The van der Waals surface area contributed by atoms with Gasteiger partial charge in [0.1, 0.15) is 36.0 Å². The fourth-order valence-corrected chi connectivity index (χ4v) is 6.57. The van der Waals surface area contributed by atoms with Gasteiger partial charge in [0.15, 0.2) is 0 Å². The van der Waals surface area contributed by atoms with Crippen molar-refractivity contribution >= 4 is 40.4 Å². The number of amides is 5. The molecule has 12 heteroatoms. The van der Waals surface area contributed by atoms with E-state index in [1.807, 2.05) is 52.0 Å². The zero-order valence-electron chi connectivity index (χ0n) is 27.9. The van der Waals surface area contributed by atoms with E-state index >= 15 is 0 Å². The van der Waals surface area contributed by atoms with E-state index in [9.17, 15) is 29.1 Å². The number of aromatic nitrogens is 1. The number of para-hydroxylation sites is 1. The van der Waals surface area contributed by atoms with Crippen molar-refractivity contribution in [1.82, 2.24) is 31.2 Å². The zero-order valence-corrected chi connectivity index (χ0v) is 27.9. The van der Waals surface area contributed by atoms with E-state index in [1.54, 1.807) is 18.3 Å². The molecule has 5 rings (SSSR count). The molecule has 5 amide bonds. The maximum absolute atomic E-state index is 14.1. The number of hydrogen-bond donors (Lipinski definition) is 6. The molecule has 0 unspecified atom stereocenters. The fraction of sp³-hybridized carbons (Fsp3) is 0.472. The summed E-state index contributed by atoms with van der Waals surface area (Å²) in [5.74, 6) is -2.73. The molecular formula is C36H46N6O6. The molecule has 0 bridgehead atoms. The van der Waals surface area contributed by atoms with Crippen LogP contribution in [-0.4, -0.2) is 81.3 Å². The first-order chi connectivity index (χ1) is 22.9. The van der Waals surface area contributed by atoms with Gasteiger partial charge in [-0.15, -0.1) is 0 Å². The average Bonchev–Trinajstić information content (AvgIpc) is 3.70. The first-order valence-electron chi connectivity index (χ1n) is 16.8. The Balaban J connectivity index is 1.55. The number of hydrogen-bond acceptors (Lipinski definition) is 6. The Labute approximate surface area is 280 Å². The Morgan fingerprint density at radius 2 is 1.40 bits per heavy atom. The number of aromatic amines is 1. The number of fused-ring (bicyclic) bond motifs is 2. The topological polar surface area (TPSA) is 173 Å². The van der Waals surface area contributed by atoms with E-state index in [1.165, 1.54) is 17.0 Å². The molecule has 48 heavy (non-hydrogen) atoms. The van der Waals surface area contributed by atoms with Gasteiger partial charge in [0.25, 0.3) is 0 Å². The van der Waals surface area contributed by atoms with Gasteiger partial charge in [-0.2, -0.15) is 0 Å². The molecule has 0 spiro atoms. The molecule has 2 aliphatic rings. The van der Waals surface area contributed by atoms with E-state index < -0.39 is 53.8 Å². The molecule has 1 aromatic heterocycles. The van der Waals surface area contributed by atoms with Crippen molar-refractivity contribution < 1.29 is 29.1 Å². The first kappa shape index (κ1) is 34.5. The van der Waals surface area contributed by atoms with E-state index in [4.69, 9.17) is 0 Å². The monoisotopic (exact) mass is 658 g/mol. The SMILES string of the molecule is CC(C)C[C@H]1NC(=O)[C@H](Cc2c[nH]c3ccccc23)NC(=O)[C@H](Cc2ccc(O)cc2)NC(=O)[C@H]2CCCN2C(=O)[C@H](C(C)C)NC1=O. The quantitative estimate of drug-likeness (QED) is 0.227. The Hall–Kier alpha value is -4.87. The summed E-state index contributed by atoms with van der Waals surface area (Å²) < 4.78 is 0. The summed E-state index contributed by atoms with van der Waals surface area (Å²) in [6.07, 6.45) is 3.28. The predicted octanol–water partition coefficient (Wildman–Crippen LogP) is 2.30. The number of H-pyrrole nitrogens is 1. The van der Waals surface area contributed by atoms with Crippen LogP contribution in [0.4, 0.5) is 0 Å². The van der Waals surface area contributed by atoms with Gasteiger partial charge in [-0.3, -0.25) is 24.0 Å². The lowest BCUT2D eigenvalue weighted by Crippen LogP contribution is -2.59. The highest BCUT2D eigenvalue weighted by Gasteiger charge is 2.41. The molecular weight excluding hydrogens is 612 g/mol. The highest BCUT2D eigenvalue weighted by atomic mass is 16.3. The number of carbonyl (C=O) groups excluding carboxylic acids is 5. The van der Waals surface area contributed by atoms with E-state index in [2.05, 4.69) is 26.3 Å². The van der Waals surface area contributed by atoms with Gasteiger partial charge in [-0.1, -0.05) is 58.0 Å². The molecule has 2 saturated heterocycles. The number of nitrogens with zero attached hydrogens (tertiary/aromatic N) is 1. The van der Waals surface area contributed by atoms with Crippen LogP contribution in [0, 0.1) is 11.8 Å². The molecule has 0 radical (unpaired) electrons. The molecule has 256 valence electrons. The number of nitrogens with one attached hydrogen (secondary N) is 5. The minimum absolute atomic E-state index is 0.0254. The Morgan fingerprint density at radius 3 is 2.08 bits per heavy atom. The summed E-state index contributed by atoms with van der Waals surface area (Å²) in [5, 5.41) is 22.2. The molecule has 12 nitrogen and oxygen atoms in total. The van der Waals surface area contributed by atoms with Gasteiger partial charge in [-0.05, 0) is 60.4 Å². The predicted molar refractivity (Wildman–Crippen MR) is 181 cm³/mol. The van der Waals surface area contributed by atoms with Crippen LogP contribution in [-0.2, 0) is 36.8 Å². The summed E-state index contributed by atoms with van der Waals surface area (Å²) in [4.78, 5) is 74.5. The molecule has 5 atom stereocenters. The summed E-state index contributed by atoms with van der Waals surface area (Å²) in [6, 6.07) is 9.01. The van der Waals surface area contributed by atoms with Crippen molar-refractivity contribution in [3.05, 3.63) is 65.9 Å². The highest BCUT2D eigenvalue weighted by Crippen LogP contribution is 2.23. The minimum atomic E-state index is -1.10. The van der Waals surface area contributed by atoms with Gasteiger partial charge in [0, 0.05) is 36.5 Å². The van der Waals surface area contributed by atoms with Crippen LogP contribution in [0.2, 0.25) is 0 Å². The van der Waals surface area contributed by atoms with Gasteiger partial charge in [-0.25, -0.2) is 0 Å². The number of benzene rings is 2. The standard InChI is InChI=1S/C36H46N6O6/c1-20(2)16-27-34(46)41-31(21(3)4)36(48)42-15-7-10-30(42)35(47)40-28(17-22-11-13-24(43)14-12-22)32(44)39-29(33(45)38-27)18-23-19-37-26-9-6-5-8-25(23)26/h5-6,8-9,11-14,19-21,27-31,37,43H,7,10,15-18H2,1-4H3,(H,38,45)(H,39,44)(H,40,47)(H,41,46)/t27-,28+,29+,30-,31+/m1/s1. The second-order valence-electron chi connectivity index (χ2n) is 13.7. The number of phenolic OH excluding ortho intramolecular Hbond substituents is 1. The first-order valence-corrected chi connectivity index (χ1v) is 16.8. The third-order valence-corrected chi connectivity index (χ3v) is 9.15. The van der Waals surface area contributed by atoms with E-state index in [0.717, 1.165) is 16.5 Å². The van der Waals surface area contributed by atoms with Gasteiger partial charge >= 0.3 is 0 Å². The third-order valence-electron chi connectivity index (χ3n) is 9.15. The van der Waals surface area contributed by atoms with E-state index in [0.29, 0.717) is 31.4 Å². The van der Waals surface area contributed by atoms with E-state index in [-0.39, 0.29) is 36.3 Å². The number of carbonyl (C=O) groups is 5. The van der Waals surface area contributed by atoms with Crippen molar-refractivity contribution in [3.8, 4) is 5.75 Å². The highest BCUT2D eigenvalue weighted by molar-refractivity contribution is 5.98. The Bertz CT molecular complexity index is 1650. The molecule has 0 saturated carbocycles. The second-order valence-corrected chi connectivity index (χ2v) is 13.7. The number of aromatic hydroxyl groups is 1. The summed E-state index contributed by atoms with van der Waals surface area (Å²) >= 11 is 0. The molecule has 6 N–H and O–H groups in total. The largest absolute Gasteiger partial charge is 0.508 e. The van der Waals surface area contributed by atoms with Crippen LogP contribution in [0.1, 0.15) is 58.1 Å².